The van der Waals surface area contributed by atoms with Crippen molar-refractivity contribution >= 4 is 40.7 Å². The van der Waals surface area contributed by atoms with Gasteiger partial charge in [-0.1, -0.05) is 60.7 Å². The Morgan fingerprint density at radius 3 is 2.30 bits per heavy atom. The fourth-order valence-electron chi connectivity index (χ4n) is 2.80. The second kappa shape index (κ2) is 6.05. The molecule has 0 saturated heterocycles. The quantitative estimate of drug-likeness (QED) is 0.250. The van der Waals surface area contributed by atoms with E-state index in [1.807, 2.05) is 42.5 Å². The first-order valence-electron chi connectivity index (χ1n) is 7.38. The maximum absolute atomic E-state index is 8.02. The highest BCUT2D eigenvalue weighted by atomic mass is 31.1. The summed E-state index contributed by atoms with van der Waals surface area (Å²) in [6.45, 7) is 0.265. The summed E-state index contributed by atoms with van der Waals surface area (Å²) in [7, 11) is 0.498. The van der Waals surface area contributed by atoms with Gasteiger partial charge >= 0.3 is 0 Å². The molecular formula is C19H15O3P. The molecule has 23 heavy (non-hydrogen) atoms. The Labute approximate surface area is 134 Å². The Balaban J connectivity index is 0.000000132. The highest BCUT2D eigenvalue weighted by Gasteiger charge is 2.15. The molecule has 0 aliphatic heterocycles. The number of benzene rings is 3. The highest BCUT2D eigenvalue weighted by molar-refractivity contribution is 7.32. The maximum Gasteiger partial charge on any atom is 0.137 e. The molecule has 1 unspecified atom stereocenters. The molecule has 0 saturated carbocycles. The van der Waals surface area contributed by atoms with Gasteiger partial charge in [-0.3, -0.25) is 5.26 Å². The van der Waals surface area contributed by atoms with Crippen LogP contribution in [0.2, 0.25) is 0 Å². The summed E-state index contributed by atoms with van der Waals surface area (Å²) in [6.07, 6.45) is 0. The molecule has 0 aliphatic rings. The average molecular weight is 322 g/mol. The number of fused-ring (bicyclic) bond motifs is 6. The fraction of sp³-hybridized carbons (Fsp3) is 0.0526. The lowest BCUT2D eigenvalue weighted by molar-refractivity contribution is -0.253. The SMILES string of the molecule is OOCc1ccccc1.c1ccc2c(c1)o[pH]c1c3ccc3c21. The fourth-order valence-corrected chi connectivity index (χ4v) is 3.88. The van der Waals surface area contributed by atoms with E-state index in [1.54, 1.807) is 0 Å². The summed E-state index contributed by atoms with van der Waals surface area (Å²) in [6, 6.07) is 22.1. The molecule has 4 heteroatoms. The van der Waals surface area contributed by atoms with Crippen molar-refractivity contribution < 1.29 is 14.3 Å². The molecule has 1 aromatic heterocycles. The van der Waals surface area contributed by atoms with Gasteiger partial charge in [-0.15, -0.1) is 0 Å². The lowest BCUT2D eigenvalue weighted by atomic mass is 9.94. The number of hydrogen-bond acceptors (Lipinski definition) is 3. The molecule has 1 atom stereocenters. The van der Waals surface area contributed by atoms with Crippen molar-refractivity contribution in [1.29, 1.82) is 0 Å². The third kappa shape index (κ3) is 2.49. The molecule has 0 spiro atoms. The van der Waals surface area contributed by atoms with Gasteiger partial charge in [-0.2, -0.15) is 0 Å². The summed E-state index contributed by atoms with van der Waals surface area (Å²) < 4.78 is 5.71. The van der Waals surface area contributed by atoms with E-state index in [0.29, 0.717) is 8.43 Å². The minimum Gasteiger partial charge on any atom is -0.452 e. The van der Waals surface area contributed by atoms with E-state index < -0.39 is 0 Å². The first-order chi connectivity index (χ1) is 11.4. The molecule has 0 radical (unpaired) electrons. The van der Waals surface area contributed by atoms with Crippen molar-refractivity contribution in [3.63, 3.8) is 0 Å². The smallest absolute Gasteiger partial charge is 0.137 e. The van der Waals surface area contributed by atoms with Crippen LogP contribution in [0.4, 0.5) is 0 Å². The molecule has 3 nitrogen and oxygen atoms in total. The van der Waals surface area contributed by atoms with Crippen LogP contribution in [0, 0.1) is 0 Å². The van der Waals surface area contributed by atoms with Gasteiger partial charge in [-0.25, -0.2) is 4.89 Å². The van der Waals surface area contributed by atoms with Crippen molar-refractivity contribution in [3.8, 4) is 0 Å². The zero-order valence-electron chi connectivity index (χ0n) is 12.3. The first-order valence-corrected chi connectivity index (χ1v) is 8.29. The second-order valence-electron chi connectivity index (χ2n) is 5.37. The van der Waals surface area contributed by atoms with Crippen molar-refractivity contribution in [2.75, 3.05) is 0 Å². The second-order valence-corrected chi connectivity index (χ2v) is 6.28. The van der Waals surface area contributed by atoms with Crippen LogP contribution in [0.25, 0.3) is 32.2 Å². The normalized spacial score (nSPS) is 11.5. The third-order valence-corrected chi connectivity index (χ3v) is 5.03. The third-order valence-electron chi connectivity index (χ3n) is 3.99. The molecule has 1 heterocycles. The minimum absolute atomic E-state index is 0.265. The van der Waals surface area contributed by atoms with Gasteiger partial charge in [0.1, 0.15) is 12.2 Å². The highest BCUT2D eigenvalue weighted by Crippen LogP contribution is 2.46. The standard InChI is InChI=1S/C12H7OP.C7H8O2/c1-2-4-10-9(3-1)11-7-5-6-8(7)12(11)14-13-10;8-9-6-7-4-2-1-3-5-7/h1-6,14H;1-5,8H,6H2. The van der Waals surface area contributed by atoms with Crippen LogP contribution in [-0.2, 0) is 11.5 Å². The van der Waals surface area contributed by atoms with Crippen LogP contribution in [-0.4, -0.2) is 5.26 Å². The van der Waals surface area contributed by atoms with Gasteiger partial charge in [0.2, 0.25) is 0 Å². The first kappa shape index (κ1) is 14.3. The Bertz CT molecular complexity index is 1010. The van der Waals surface area contributed by atoms with Gasteiger partial charge in [0.25, 0.3) is 0 Å². The zero-order chi connectivity index (χ0) is 15.6. The van der Waals surface area contributed by atoms with Crippen molar-refractivity contribution in [2.45, 2.75) is 6.61 Å². The number of rotatable bonds is 2. The summed E-state index contributed by atoms with van der Waals surface area (Å²) in [5.41, 5.74) is 2.01. The summed E-state index contributed by atoms with van der Waals surface area (Å²) in [5, 5.41) is 15.0. The van der Waals surface area contributed by atoms with E-state index in [2.05, 4.69) is 29.2 Å². The van der Waals surface area contributed by atoms with Crippen molar-refractivity contribution in [2.24, 2.45) is 0 Å². The van der Waals surface area contributed by atoms with E-state index in [-0.39, 0.29) is 6.61 Å². The summed E-state index contributed by atoms with van der Waals surface area (Å²) in [5.74, 6) is 0. The molecule has 5 rings (SSSR count). The lowest BCUT2D eigenvalue weighted by Crippen LogP contribution is -1.86. The molecule has 114 valence electrons. The van der Waals surface area contributed by atoms with E-state index >= 15 is 0 Å². The molecule has 0 bridgehead atoms. The Kier molecular flexibility index (Phi) is 3.76. The topological polar surface area (TPSA) is 42.6 Å². The summed E-state index contributed by atoms with van der Waals surface area (Å²) in [4.78, 5) is 3.93. The van der Waals surface area contributed by atoms with Crippen LogP contribution in [0.5, 0.6) is 0 Å². The number of hydrogen-bond donors (Lipinski definition) is 1. The minimum atomic E-state index is 0.265. The van der Waals surface area contributed by atoms with Crippen molar-refractivity contribution in [1.82, 2.24) is 0 Å². The van der Waals surface area contributed by atoms with Crippen LogP contribution >= 0.6 is 8.43 Å². The van der Waals surface area contributed by atoms with Crippen LogP contribution in [0.1, 0.15) is 5.56 Å². The van der Waals surface area contributed by atoms with Crippen LogP contribution in [0.3, 0.4) is 0 Å². The van der Waals surface area contributed by atoms with E-state index in [9.17, 15) is 0 Å². The largest absolute Gasteiger partial charge is 0.452 e. The van der Waals surface area contributed by atoms with E-state index in [0.717, 1.165) is 11.1 Å². The maximum atomic E-state index is 8.02. The Hall–Kier alpha value is -2.32. The average Bonchev–Trinajstić information content (AvgIpc) is 2.57. The molecule has 0 fully saturated rings. The van der Waals surface area contributed by atoms with E-state index in [4.69, 9.17) is 9.45 Å². The van der Waals surface area contributed by atoms with E-state index in [1.165, 1.54) is 26.7 Å². The molecule has 1 N–H and O–H groups in total. The Morgan fingerprint density at radius 2 is 1.57 bits per heavy atom. The van der Waals surface area contributed by atoms with Crippen LogP contribution < -0.4 is 0 Å². The summed E-state index contributed by atoms with van der Waals surface area (Å²) >= 11 is 0. The molecule has 5 aromatic rings. The monoisotopic (exact) mass is 322 g/mol. The zero-order valence-corrected chi connectivity index (χ0v) is 13.3. The Morgan fingerprint density at radius 1 is 0.826 bits per heavy atom. The predicted octanol–water partition coefficient (Wildman–Crippen LogP) is 5.88. The van der Waals surface area contributed by atoms with Crippen LogP contribution in [0.15, 0.2) is 70.9 Å². The lowest BCUT2D eigenvalue weighted by Gasteiger charge is -2.15. The molecular weight excluding hydrogens is 307 g/mol. The molecule has 4 aromatic carbocycles. The van der Waals surface area contributed by atoms with Gasteiger partial charge in [0, 0.05) is 24.3 Å². The predicted molar refractivity (Wildman–Crippen MR) is 95.8 cm³/mol. The van der Waals surface area contributed by atoms with Gasteiger partial charge in [-0.05, 0) is 22.4 Å². The number of para-hydroxylation sites is 1. The van der Waals surface area contributed by atoms with Gasteiger partial charge in [0.15, 0.2) is 0 Å². The molecule has 0 amide bonds. The van der Waals surface area contributed by atoms with Gasteiger partial charge < -0.3 is 4.20 Å². The van der Waals surface area contributed by atoms with Crippen molar-refractivity contribution in [3.05, 3.63) is 72.3 Å². The van der Waals surface area contributed by atoms with Gasteiger partial charge in [0.05, 0.1) is 0 Å². The molecule has 0 aliphatic carbocycles.